The highest BCUT2D eigenvalue weighted by Crippen LogP contribution is 2.36. The van der Waals surface area contributed by atoms with Crippen molar-refractivity contribution in [3.8, 4) is 0 Å². The minimum Gasteiger partial charge on any atom is -0.321 e. The van der Waals surface area contributed by atoms with Gasteiger partial charge in [0.25, 0.3) is 5.91 Å². The van der Waals surface area contributed by atoms with Gasteiger partial charge in [-0.25, -0.2) is 0 Å². The summed E-state index contributed by atoms with van der Waals surface area (Å²) < 4.78 is 39.4. The van der Waals surface area contributed by atoms with Gasteiger partial charge in [0.15, 0.2) is 0 Å². The van der Waals surface area contributed by atoms with Gasteiger partial charge in [0.1, 0.15) is 0 Å². The second kappa shape index (κ2) is 6.23. The van der Waals surface area contributed by atoms with Crippen LogP contribution in [-0.4, -0.2) is 5.91 Å². The summed E-state index contributed by atoms with van der Waals surface area (Å²) in [5.74, 6) is -0.688. The lowest BCUT2D eigenvalue weighted by Crippen LogP contribution is -2.17. The van der Waals surface area contributed by atoms with Gasteiger partial charge in [-0.2, -0.15) is 13.2 Å². The summed E-state index contributed by atoms with van der Waals surface area (Å²) >= 11 is 7.63. The number of alkyl halides is 3. The molecule has 0 atom stereocenters. The molecule has 0 fully saturated rings. The van der Waals surface area contributed by atoms with Crippen molar-refractivity contribution in [1.82, 2.24) is 0 Å². The van der Waals surface area contributed by atoms with E-state index in [1.54, 1.807) is 34.7 Å². The van der Waals surface area contributed by atoms with E-state index in [0.29, 0.717) is 3.57 Å². The first-order valence-electron chi connectivity index (χ1n) is 5.71. The number of carbonyl (C=O) groups is 1. The first-order valence-corrected chi connectivity index (χ1v) is 7.17. The summed E-state index contributed by atoms with van der Waals surface area (Å²) in [7, 11) is 0. The predicted octanol–water partition coefficient (Wildman–Crippen LogP) is 5.22. The lowest BCUT2D eigenvalue weighted by atomic mass is 10.1. The third-order valence-electron chi connectivity index (χ3n) is 2.65. The Hall–Kier alpha value is -1.28. The number of hydrogen-bond donors (Lipinski definition) is 1. The Bertz CT molecular complexity index is 688. The monoisotopic (exact) mass is 425 g/mol. The topological polar surface area (TPSA) is 29.1 Å². The third kappa shape index (κ3) is 3.88. The molecule has 0 aliphatic rings. The van der Waals surface area contributed by atoms with Gasteiger partial charge in [0.2, 0.25) is 0 Å². The third-order valence-corrected chi connectivity index (χ3v) is 3.65. The van der Waals surface area contributed by atoms with Crippen LogP contribution >= 0.6 is 34.2 Å². The largest absolute Gasteiger partial charge is 0.418 e. The Morgan fingerprint density at radius 3 is 2.43 bits per heavy atom. The molecule has 0 saturated carbocycles. The van der Waals surface area contributed by atoms with E-state index in [1.165, 1.54) is 24.3 Å². The zero-order chi connectivity index (χ0) is 15.6. The minimum absolute atomic E-state index is 0.117. The van der Waals surface area contributed by atoms with E-state index >= 15 is 0 Å². The Morgan fingerprint density at radius 2 is 1.81 bits per heavy atom. The maximum absolute atomic E-state index is 13.0. The highest BCUT2D eigenvalue weighted by atomic mass is 127. The molecule has 1 N–H and O–H groups in total. The molecule has 110 valence electrons. The smallest absolute Gasteiger partial charge is 0.321 e. The van der Waals surface area contributed by atoms with Gasteiger partial charge in [-0.3, -0.25) is 4.79 Å². The van der Waals surface area contributed by atoms with Crippen molar-refractivity contribution in [2.75, 3.05) is 5.32 Å². The number of rotatable bonds is 2. The van der Waals surface area contributed by atoms with Gasteiger partial charge in [-0.05, 0) is 52.9 Å². The first-order chi connectivity index (χ1) is 9.79. The molecule has 1 amide bonds. The van der Waals surface area contributed by atoms with Crippen LogP contribution in [-0.2, 0) is 6.18 Å². The van der Waals surface area contributed by atoms with E-state index in [2.05, 4.69) is 5.32 Å². The van der Waals surface area contributed by atoms with Crippen LogP contribution in [0.5, 0.6) is 0 Å². The molecule has 0 unspecified atom stereocenters. The molecule has 0 aliphatic carbocycles. The van der Waals surface area contributed by atoms with E-state index in [1.807, 2.05) is 0 Å². The van der Waals surface area contributed by atoms with Crippen LogP contribution in [0.4, 0.5) is 18.9 Å². The second-order valence-electron chi connectivity index (χ2n) is 4.12. The molecular formula is C14H8ClF3INO. The SMILES string of the molecule is O=C(Nc1ccc(I)cc1C(F)(F)F)c1ccccc1Cl. The van der Waals surface area contributed by atoms with Crippen LogP contribution in [0.2, 0.25) is 5.02 Å². The lowest BCUT2D eigenvalue weighted by Gasteiger charge is -2.14. The highest BCUT2D eigenvalue weighted by molar-refractivity contribution is 14.1. The Labute approximate surface area is 137 Å². The maximum Gasteiger partial charge on any atom is 0.418 e. The summed E-state index contributed by atoms with van der Waals surface area (Å²) in [5, 5.41) is 2.43. The van der Waals surface area contributed by atoms with Crippen LogP contribution in [0.15, 0.2) is 42.5 Å². The van der Waals surface area contributed by atoms with Crippen LogP contribution in [0, 0.1) is 3.57 Å². The number of anilines is 1. The second-order valence-corrected chi connectivity index (χ2v) is 5.77. The highest BCUT2D eigenvalue weighted by Gasteiger charge is 2.34. The number of carbonyl (C=O) groups excluding carboxylic acids is 1. The minimum atomic E-state index is -4.55. The quantitative estimate of drug-likeness (QED) is 0.657. The average molecular weight is 426 g/mol. The molecular weight excluding hydrogens is 418 g/mol. The molecule has 0 aliphatic heterocycles. The Kier molecular flexibility index (Phi) is 4.77. The van der Waals surface area contributed by atoms with Gasteiger partial charge in [0, 0.05) is 3.57 Å². The fourth-order valence-electron chi connectivity index (χ4n) is 1.70. The van der Waals surface area contributed by atoms with Crippen LogP contribution in [0.1, 0.15) is 15.9 Å². The fourth-order valence-corrected chi connectivity index (χ4v) is 2.41. The fraction of sp³-hybridized carbons (Fsp3) is 0.0714. The van der Waals surface area contributed by atoms with E-state index in [0.717, 1.165) is 6.07 Å². The van der Waals surface area contributed by atoms with Gasteiger partial charge in [0.05, 0.1) is 21.8 Å². The van der Waals surface area contributed by atoms with E-state index < -0.39 is 17.6 Å². The molecule has 0 spiro atoms. The van der Waals surface area contributed by atoms with Gasteiger partial charge < -0.3 is 5.32 Å². The van der Waals surface area contributed by atoms with Crippen molar-refractivity contribution in [3.05, 3.63) is 62.2 Å². The maximum atomic E-state index is 13.0. The molecule has 0 saturated heterocycles. The van der Waals surface area contributed by atoms with Crippen molar-refractivity contribution >= 4 is 45.8 Å². The van der Waals surface area contributed by atoms with Crippen LogP contribution in [0.25, 0.3) is 0 Å². The number of halogens is 5. The first kappa shape index (κ1) is 16.1. The summed E-state index contributed by atoms with van der Waals surface area (Å²) in [5.41, 5.74) is -1.08. The molecule has 0 bridgehead atoms. The van der Waals surface area contributed by atoms with Crippen LogP contribution < -0.4 is 5.32 Å². The molecule has 2 nitrogen and oxygen atoms in total. The number of benzene rings is 2. The van der Waals surface area contributed by atoms with Crippen LogP contribution in [0.3, 0.4) is 0 Å². The van der Waals surface area contributed by atoms with Crippen molar-refractivity contribution < 1.29 is 18.0 Å². The van der Waals surface area contributed by atoms with E-state index in [9.17, 15) is 18.0 Å². The number of amides is 1. The Balaban J connectivity index is 2.36. The molecule has 7 heteroatoms. The zero-order valence-electron chi connectivity index (χ0n) is 10.3. The van der Waals surface area contributed by atoms with Crippen molar-refractivity contribution in [3.63, 3.8) is 0 Å². The normalized spacial score (nSPS) is 11.3. The van der Waals surface area contributed by atoms with E-state index in [4.69, 9.17) is 11.6 Å². The summed E-state index contributed by atoms with van der Waals surface area (Å²) in [4.78, 5) is 12.0. The summed E-state index contributed by atoms with van der Waals surface area (Å²) in [6.45, 7) is 0. The summed E-state index contributed by atoms with van der Waals surface area (Å²) in [6.07, 6.45) is -4.55. The van der Waals surface area contributed by atoms with Crippen molar-refractivity contribution in [1.29, 1.82) is 0 Å². The lowest BCUT2D eigenvalue weighted by molar-refractivity contribution is -0.137. The molecule has 2 rings (SSSR count). The molecule has 21 heavy (non-hydrogen) atoms. The van der Waals surface area contributed by atoms with E-state index in [-0.39, 0.29) is 16.3 Å². The number of nitrogens with one attached hydrogen (secondary N) is 1. The predicted molar refractivity (Wildman–Crippen MR) is 83.6 cm³/mol. The van der Waals surface area contributed by atoms with Crippen molar-refractivity contribution in [2.45, 2.75) is 6.18 Å². The van der Waals surface area contributed by atoms with Gasteiger partial charge in [-0.15, -0.1) is 0 Å². The molecule has 0 aromatic heterocycles. The summed E-state index contributed by atoms with van der Waals surface area (Å²) in [6, 6.07) is 9.83. The molecule has 0 heterocycles. The zero-order valence-corrected chi connectivity index (χ0v) is 13.3. The standard InChI is InChI=1S/C14H8ClF3INO/c15-11-4-2-1-3-9(11)13(21)20-12-6-5-8(19)7-10(12)14(16,17)18/h1-7H,(H,20,21). The van der Waals surface area contributed by atoms with Crippen molar-refractivity contribution in [2.24, 2.45) is 0 Å². The van der Waals surface area contributed by atoms with Gasteiger partial charge >= 0.3 is 6.18 Å². The number of hydrogen-bond acceptors (Lipinski definition) is 1. The average Bonchev–Trinajstić information content (AvgIpc) is 2.40. The molecule has 0 radical (unpaired) electrons. The Morgan fingerprint density at radius 1 is 1.14 bits per heavy atom. The molecule has 2 aromatic carbocycles. The van der Waals surface area contributed by atoms with Gasteiger partial charge in [-0.1, -0.05) is 23.7 Å². The molecule has 2 aromatic rings.